The molecule has 1 aliphatic heterocycles. The Morgan fingerprint density at radius 2 is 1.74 bits per heavy atom. The number of anilines is 1. The Morgan fingerprint density at radius 3 is 2.30 bits per heavy atom. The molecule has 7 heteroatoms. The molecule has 0 saturated heterocycles. The van der Waals surface area contributed by atoms with Crippen molar-refractivity contribution in [2.45, 2.75) is 25.1 Å². The number of esters is 1. The van der Waals surface area contributed by atoms with Crippen molar-refractivity contribution < 1.29 is 22.7 Å². The van der Waals surface area contributed by atoms with Gasteiger partial charge < -0.3 is 10.5 Å². The number of ether oxygens (including phenoxy) is 1. The summed E-state index contributed by atoms with van der Waals surface area (Å²) in [5.74, 6) is -0.252. The van der Waals surface area contributed by atoms with Gasteiger partial charge in [-0.15, -0.1) is 0 Å². The number of nitrogen functional groups attached to an aromatic ring is 1. The fourth-order valence-corrected chi connectivity index (χ4v) is 2.83. The summed E-state index contributed by atoms with van der Waals surface area (Å²) in [6.07, 6.45) is -0.912. The molecule has 1 atom stereocenters. The molecule has 2 aromatic carbocycles. The van der Waals surface area contributed by atoms with Gasteiger partial charge in [-0.1, -0.05) is 19.1 Å². The van der Waals surface area contributed by atoms with E-state index in [1.54, 1.807) is 30.3 Å². The van der Waals surface area contributed by atoms with Crippen LogP contribution in [0.5, 0.6) is 5.75 Å². The van der Waals surface area contributed by atoms with Gasteiger partial charge in [0.05, 0.1) is 11.1 Å². The Balaban J connectivity index is 1.83. The van der Waals surface area contributed by atoms with Crippen LogP contribution in [0.1, 0.15) is 24.5 Å². The van der Waals surface area contributed by atoms with Crippen LogP contribution >= 0.6 is 0 Å². The van der Waals surface area contributed by atoms with E-state index in [0.717, 1.165) is 12.1 Å². The van der Waals surface area contributed by atoms with Gasteiger partial charge in [-0.2, -0.15) is 13.2 Å². The van der Waals surface area contributed by atoms with Crippen LogP contribution in [-0.2, 0) is 16.5 Å². The van der Waals surface area contributed by atoms with Crippen LogP contribution in [-0.4, -0.2) is 12.2 Å². The number of nitrogens with two attached hydrogens (primary N) is 1. The van der Waals surface area contributed by atoms with E-state index in [1.807, 2.05) is 6.92 Å². The fraction of sp³-hybridized carbons (Fsp3) is 0.200. The quantitative estimate of drug-likeness (QED) is 0.487. The lowest BCUT2D eigenvalue weighted by molar-refractivity contribution is -0.137. The molecule has 0 amide bonds. The average molecular weight is 374 g/mol. The van der Waals surface area contributed by atoms with E-state index in [-0.39, 0.29) is 5.57 Å². The second-order valence-electron chi connectivity index (χ2n) is 6.17. The molecule has 3 rings (SSSR count). The van der Waals surface area contributed by atoms with Gasteiger partial charge in [-0.05, 0) is 54.5 Å². The zero-order chi connectivity index (χ0) is 19.7. The summed E-state index contributed by atoms with van der Waals surface area (Å²) in [5, 5.41) is 0. The first-order valence-electron chi connectivity index (χ1n) is 8.27. The maximum atomic E-state index is 12.8. The third kappa shape index (κ3) is 3.86. The highest BCUT2D eigenvalue weighted by Gasteiger charge is 2.35. The van der Waals surface area contributed by atoms with Crippen LogP contribution in [0.4, 0.5) is 18.9 Å². The van der Waals surface area contributed by atoms with Crippen LogP contribution < -0.4 is 10.5 Å². The van der Waals surface area contributed by atoms with E-state index < -0.39 is 23.2 Å². The predicted molar refractivity (Wildman–Crippen MR) is 96.5 cm³/mol. The number of benzene rings is 2. The maximum absolute atomic E-state index is 12.8. The molecule has 27 heavy (non-hydrogen) atoms. The molecule has 4 nitrogen and oxygen atoms in total. The van der Waals surface area contributed by atoms with Crippen molar-refractivity contribution in [1.29, 1.82) is 0 Å². The summed E-state index contributed by atoms with van der Waals surface area (Å²) in [7, 11) is 0. The highest BCUT2D eigenvalue weighted by atomic mass is 19.4. The molecule has 0 saturated carbocycles. The van der Waals surface area contributed by atoms with Crippen LogP contribution in [0.2, 0.25) is 0 Å². The Labute approximate surface area is 154 Å². The zero-order valence-electron chi connectivity index (χ0n) is 14.5. The topological polar surface area (TPSA) is 64.7 Å². The SMILES string of the molecule is CCC1(c2ccc(C(F)(F)F)cc2)C=C(C(=O)Oc2ccc(N)cc2)C=N1. The Bertz CT molecular complexity index is 900. The van der Waals surface area contributed by atoms with Gasteiger partial charge in [-0.3, -0.25) is 4.99 Å². The molecular formula is C20H17F3N2O2. The number of hydrogen-bond acceptors (Lipinski definition) is 4. The summed E-state index contributed by atoms with van der Waals surface area (Å²) in [4.78, 5) is 16.7. The summed E-state index contributed by atoms with van der Waals surface area (Å²) < 4.78 is 43.6. The lowest BCUT2D eigenvalue weighted by Crippen LogP contribution is -2.19. The van der Waals surface area contributed by atoms with Crippen LogP contribution in [0.3, 0.4) is 0 Å². The van der Waals surface area contributed by atoms with E-state index in [1.165, 1.54) is 18.3 Å². The van der Waals surface area contributed by atoms with Gasteiger partial charge in [0.2, 0.25) is 0 Å². The first-order chi connectivity index (χ1) is 12.7. The van der Waals surface area contributed by atoms with Gasteiger partial charge in [0.1, 0.15) is 11.3 Å². The van der Waals surface area contributed by atoms with Crippen molar-refractivity contribution in [3.63, 3.8) is 0 Å². The summed E-state index contributed by atoms with van der Waals surface area (Å²) >= 11 is 0. The molecule has 0 spiro atoms. The van der Waals surface area contributed by atoms with Crippen molar-refractivity contribution >= 4 is 17.9 Å². The normalized spacial score (nSPS) is 19.0. The van der Waals surface area contributed by atoms with Crippen molar-refractivity contribution in [2.24, 2.45) is 4.99 Å². The number of nitrogens with zero attached hydrogens (tertiary/aromatic N) is 1. The second-order valence-corrected chi connectivity index (χ2v) is 6.17. The smallest absolute Gasteiger partial charge is 0.416 e. The third-order valence-electron chi connectivity index (χ3n) is 4.41. The van der Waals surface area contributed by atoms with Gasteiger partial charge in [0, 0.05) is 11.9 Å². The first kappa shape index (κ1) is 18.7. The van der Waals surface area contributed by atoms with E-state index in [9.17, 15) is 18.0 Å². The maximum Gasteiger partial charge on any atom is 0.416 e. The van der Waals surface area contributed by atoms with E-state index in [2.05, 4.69) is 4.99 Å². The Kier molecular flexibility index (Phi) is 4.78. The third-order valence-corrected chi connectivity index (χ3v) is 4.41. The average Bonchev–Trinajstić information content (AvgIpc) is 3.09. The number of aliphatic imine (C=N–C) groups is 1. The first-order valence-corrected chi connectivity index (χ1v) is 8.27. The zero-order valence-corrected chi connectivity index (χ0v) is 14.5. The van der Waals surface area contributed by atoms with Crippen molar-refractivity contribution in [3.8, 4) is 5.75 Å². The molecule has 2 aromatic rings. The molecule has 1 aliphatic rings. The van der Waals surface area contributed by atoms with Crippen LogP contribution in [0, 0.1) is 0 Å². The van der Waals surface area contributed by atoms with Gasteiger partial charge in [-0.25, -0.2) is 4.79 Å². The standard InChI is InChI=1S/C20H17F3N2O2/c1-2-19(14-3-5-15(6-4-14)20(21,22)23)11-13(12-25-19)18(26)27-17-9-7-16(24)8-10-17/h3-12H,2,24H2,1H3. The van der Waals surface area contributed by atoms with E-state index in [4.69, 9.17) is 10.5 Å². The summed E-state index contributed by atoms with van der Waals surface area (Å²) in [6.45, 7) is 1.85. The number of rotatable bonds is 4. The molecule has 2 N–H and O–H groups in total. The largest absolute Gasteiger partial charge is 0.423 e. The second kappa shape index (κ2) is 6.90. The number of carbonyl (C=O) groups is 1. The van der Waals surface area contributed by atoms with E-state index >= 15 is 0 Å². The molecule has 1 heterocycles. The molecule has 0 fully saturated rings. The highest BCUT2D eigenvalue weighted by molar-refractivity contribution is 6.11. The lowest BCUT2D eigenvalue weighted by atomic mass is 9.87. The van der Waals surface area contributed by atoms with E-state index in [0.29, 0.717) is 23.4 Å². The van der Waals surface area contributed by atoms with Crippen LogP contribution in [0.25, 0.3) is 0 Å². The van der Waals surface area contributed by atoms with Crippen molar-refractivity contribution in [2.75, 3.05) is 5.73 Å². The minimum Gasteiger partial charge on any atom is -0.423 e. The predicted octanol–water partition coefficient (Wildman–Crippen LogP) is 4.51. The number of hydrogen-bond donors (Lipinski definition) is 1. The van der Waals surface area contributed by atoms with Crippen molar-refractivity contribution in [3.05, 3.63) is 71.3 Å². The molecular weight excluding hydrogens is 357 g/mol. The molecule has 0 radical (unpaired) electrons. The fourth-order valence-electron chi connectivity index (χ4n) is 2.83. The minimum absolute atomic E-state index is 0.244. The molecule has 0 bridgehead atoms. The molecule has 0 aliphatic carbocycles. The van der Waals surface area contributed by atoms with Crippen LogP contribution in [0.15, 0.2) is 65.2 Å². The minimum atomic E-state index is -4.40. The molecule has 0 aromatic heterocycles. The van der Waals surface area contributed by atoms with Gasteiger partial charge >= 0.3 is 12.1 Å². The van der Waals surface area contributed by atoms with Gasteiger partial charge in [0.25, 0.3) is 0 Å². The Morgan fingerprint density at radius 1 is 1.11 bits per heavy atom. The van der Waals surface area contributed by atoms with Crippen molar-refractivity contribution in [1.82, 2.24) is 0 Å². The van der Waals surface area contributed by atoms with Gasteiger partial charge in [0.15, 0.2) is 0 Å². The monoisotopic (exact) mass is 374 g/mol. The number of halogens is 3. The summed E-state index contributed by atoms with van der Waals surface area (Å²) in [6, 6.07) is 11.2. The lowest BCUT2D eigenvalue weighted by Gasteiger charge is -2.23. The Hall–Kier alpha value is -3.09. The number of alkyl halides is 3. The summed E-state index contributed by atoms with van der Waals surface area (Å²) in [5.41, 5.74) is 5.34. The highest BCUT2D eigenvalue weighted by Crippen LogP contribution is 2.37. The molecule has 1 unspecified atom stereocenters. The number of carbonyl (C=O) groups excluding carboxylic acids is 1. The molecule has 140 valence electrons.